The molecule has 1 aliphatic rings. The van der Waals surface area contributed by atoms with E-state index in [0.29, 0.717) is 18.1 Å². The van der Waals surface area contributed by atoms with Crippen molar-refractivity contribution < 1.29 is 4.92 Å². The van der Waals surface area contributed by atoms with Gasteiger partial charge in [0, 0.05) is 13.1 Å². The molecule has 0 aromatic carbocycles. The van der Waals surface area contributed by atoms with Gasteiger partial charge in [0.05, 0.1) is 4.92 Å². The van der Waals surface area contributed by atoms with Crippen molar-refractivity contribution in [3.05, 3.63) is 15.8 Å². The molecule has 1 aliphatic carbocycles. The van der Waals surface area contributed by atoms with Gasteiger partial charge in [-0.25, -0.2) is 4.68 Å². The summed E-state index contributed by atoms with van der Waals surface area (Å²) in [6.45, 7) is 7.32. The Hall–Kier alpha value is -1.59. The highest BCUT2D eigenvalue weighted by Gasteiger charge is 2.30. The van der Waals surface area contributed by atoms with Gasteiger partial charge in [-0.1, -0.05) is 26.2 Å². The molecule has 0 amide bonds. The summed E-state index contributed by atoms with van der Waals surface area (Å²) in [6.07, 6.45) is 6.19. The van der Waals surface area contributed by atoms with Gasteiger partial charge >= 0.3 is 5.69 Å². The minimum absolute atomic E-state index is 0.117. The molecule has 0 aliphatic heterocycles. The summed E-state index contributed by atoms with van der Waals surface area (Å²) in [5, 5.41) is 18.8. The summed E-state index contributed by atoms with van der Waals surface area (Å²) in [5.41, 5.74) is 0.836. The smallest absolute Gasteiger partial charge is 0.333 e. The number of nitrogens with zero attached hydrogens (tertiary/aromatic N) is 3. The van der Waals surface area contributed by atoms with Crippen LogP contribution in [-0.4, -0.2) is 21.2 Å². The maximum atomic E-state index is 11.2. The average molecular weight is 280 g/mol. The van der Waals surface area contributed by atoms with Crippen LogP contribution >= 0.6 is 0 Å². The zero-order valence-corrected chi connectivity index (χ0v) is 12.6. The van der Waals surface area contributed by atoms with Crippen LogP contribution in [0.1, 0.15) is 51.6 Å². The molecule has 1 saturated carbocycles. The van der Waals surface area contributed by atoms with Crippen molar-refractivity contribution in [1.82, 2.24) is 9.78 Å². The molecule has 6 heteroatoms. The van der Waals surface area contributed by atoms with Crippen LogP contribution in [0.25, 0.3) is 0 Å². The highest BCUT2D eigenvalue weighted by molar-refractivity contribution is 5.59. The first kappa shape index (κ1) is 14.8. The van der Waals surface area contributed by atoms with Crippen LogP contribution in [0.4, 0.5) is 11.5 Å². The van der Waals surface area contributed by atoms with E-state index in [0.717, 1.165) is 6.54 Å². The summed E-state index contributed by atoms with van der Waals surface area (Å²) in [5.74, 6) is 0.557. The predicted molar refractivity (Wildman–Crippen MR) is 79.0 cm³/mol. The topological polar surface area (TPSA) is 73.0 Å². The molecule has 0 spiro atoms. The molecule has 1 N–H and O–H groups in total. The van der Waals surface area contributed by atoms with Gasteiger partial charge in [-0.05, 0) is 32.1 Å². The molecule has 0 saturated heterocycles. The van der Waals surface area contributed by atoms with Crippen LogP contribution in [0.3, 0.4) is 0 Å². The van der Waals surface area contributed by atoms with Gasteiger partial charge in [-0.3, -0.25) is 10.1 Å². The van der Waals surface area contributed by atoms with E-state index in [2.05, 4.69) is 17.3 Å². The summed E-state index contributed by atoms with van der Waals surface area (Å²) in [4.78, 5) is 10.9. The Kier molecular flexibility index (Phi) is 4.30. The van der Waals surface area contributed by atoms with E-state index >= 15 is 0 Å². The molecule has 112 valence electrons. The maximum absolute atomic E-state index is 11.2. The van der Waals surface area contributed by atoms with E-state index in [-0.39, 0.29) is 16.0 Å². The van der Waals surface area contributed by atoms with Gasteiger partial charge in [0.1, 0.15) is 5.69 Å². The summed E-state index contributed by atoms with van der Waals surface area (Å²) >= 11 is 0. The molecule has 20 heavy (non-hydrogen) atoms. The number of aromatic nitrogens is 2. The molecule has 1 aromatic heterocycles. The fraction of sp³-hybridized carbons (Fsp3) is 0.786. The van der Waals surface area contributed by atoms with Crippen LogP contribution in [0.5, 0.6) is 0 Å². The lowest BCUT2D eigenvalue weighted by molar-refractivity contribution is -0.384. The first-order valence-corrected chi connectivity index (χ1v) is 7.42. The number of nitrogens with one attached hydrogen (secondary N) is 1. The van der Waals surface area contributed by atoms with Crippen LogP contribution < -0.4 is 5.32 Å². The lowest BCUT2D eigenvalue weighted by Gasteiger charge is -2.33. The Bertz CT molecular complexity index is 490. The van der Waals surface area contributed by atoms with E-state index in [1.807, 2.05) is 6.92 Å². The van der Waals surface area contributed by atoms with Crippen molar-refractivity contribution in [3.63, 3.8) is 0 Å². The highest BCUT2D eigenvalue weighted by atomic mass is 16.6. The molecule has 1 heterocycles. The van der Waals surface area contributed by atoms with Crippen LogP contribution in [-0.2, 0) is 6.54 Å². The quantitative estimate of drug-likeness (QED) is 0.661. The van der Waals surface area contributed by atoms with Gasteiger partial charge in [-0.15, -0.1) is 0 Å². The molecule has 6 nitrogen and oxygen atoms in total. The fourth-order valence-corrected chi connectivity index (χ4v) is 3.07. The summed E-state index contributed by atoms with van der Waals surface area (Å²) in [7, 11) is 0. The first-order chi connectivity index (χ1) is 9.47. The lowest BCUT2D eigenvalue weighted by atomic mass is 9.76. The normalized spacial score (nSPS) is 17.9. The third-order valence-corrected chi connectivity index (χ3v) is 4.32. The Labute approximate surface area is 119 Å². The van der Waals surface area contributed by atoms with Gasteiger partial charge in [0.15, 0.2) is 0 Å². The van der Waals surface area contributed by atoms with Gasteiger partial charge in [0.25, 0.3) is 0 Å². The standard InChI is InChI=1S/C14H24N4O2/c1-4-17-13(12(18(19)20)11(2)16-17)15-10-14(3)8-6-5-7-9-14/h15H,4-10H2,1-3H3. The Morgan fingerprint density at radius 2 is 2.05 bits per heavy atom. The third-order valence-electron chi connectivity index (χ3n) is 4.32. The molecular formula is C14H24N4O2. The van der Waals surface area contributed by atoms with Crippen molar-refractivity contribution in [3.8, 4) is 0 Å². The van der Waals surface area contributed by atoms with Crippen molar-refractivity contribution in [2.45, 2.75) is 59.4 Å². The van der Waals surface area contributed by atoms with Crippen molar-refractivity contribution in [2.75, 3.05) is 11.9 Å². The van der Waals surface area contributed by atoms with Gasteiger partial charge < -0.3 is 5.32 Å². The van der Waals surface area contributed by atoms with Crippen molar-refractivity contribution >= 4 is 11.5 Å². The number of aryl methyl sites for hydroxylation is 2. The SMILES string of the molecule is CCn1nc(C)c([N+](=O)[O-])c1NCC1(C)CCCCC1. The second-order valence-electron chi connectivity index (χ2n) is 6.08. The first-order valence-electron chi connectivity index (χ1n) is 7.42. The third kappa shape index (κ3) is 2.94. The molecular weight excluding hydrogens is 256 g/mol. The molecule has 1 fully saturated rings. The number of nitro groups is 1. The van der Waals surface area contributed by atoms with E-state index < -0.39 is 0 Å². The van der Waals surface area contributed by atoms with Crippen molar-refractivity contribution in [1.29, 1.82) is 0 Å². The largest absolute Gasteiger partial charge is 0.364 e. The number of hydrogen-bond donors (Lipinski definition) is 1. The second kappa shape index (κ2) is 5.81. The van der Waals surface area contributed by atoms with E-state index in [1.165, 1.54) is 32.1 Å². The van der Waals surface area contributed by atoms with Gasteiger partial charge in [0.2, 0.25) is 5.82 Å². The minimum atomic E-state index is -0.333. The average Bonchev–Trinajstić information content (AvgIpc) is 2.73. The molecule has 0 radical (unpaired) electrons. The fourth-order valence-electron chi connectivity index (χ4n) is 3.07. The lowest BCUT2D eigenvalue weighted by Crippen LogP contribution is -2.29. The van der Waals surface area contributed by atoms with Gasteiger partial charge in [-0.2, -0.15) is 5.10 Å². The molecule has 0 atom stereocenters. The van der Waals surface area contributed by atoms with Crippen molar-refractivity contribution in [2.24, 2.45) is 5.41 Å². The van der Waals surface area contributed by atoms with E-state index in [9.17, 15) is 10.1 Å². The summed E-state index contributed by atoms with van der Waals surface area (Å²) < 4.78 is 1.69. The van der Waals surface area contributed by atoms with Crippen LogP contribution in [0.2, 0.25) is 0 Å². The predicted octanol–water partition coefficient (Wildman–Crippen LogP) is 3.50. The number of anilines is 1. The zero-order chi connectivity index (χ0) is 14.8. The monoisotopic (exact) mass is 280 g/mol. The molecule has 0 bridgehead atoms. The Balaban J connectivity index is 2.17. The molecule has 1 aromatic rings. The second-order valence-corrected chi connectivity index (χ2v) is 6.08. The minimum Gasteiger partial charge on any atom is -0.364 e. The van der Waals surface area contributed by atoms with Crippen LogP contribution in [0.15, 0.2) is 0 Å². The molecule has 0 unspecified atom stereocenters. The number of rotatable bonds is 5. The zero-order valence-electron chi connectivity index (χ0n) is 12.6. The number of hydrogen-bond acceptors (Lipinski definition) is 4. The summed E-state index contributed by atoms with van der Waals surface area (Å²) in [6, 6.07) is 0. The Morgan fingerprint density at radius 1 is 1.40 bits per heavy atom. The highest BCUT2D eigenvalue weighted by Crippen LogP contribution is 2.37. The van der Waals surface area contributed by atoms with Crippen LogP contribution in [0, 0.1) is 22.5 Å². The Morgan fingerprint density at radius 3 is 2.60 bits per heavy atom. The molecule has 2 rings (SSSR count). The maximum Gasteiger partial charge on any atom is 0.333 e. The van der Waals surface area contributed by atoms with E-state index in [1.54, 1.807) is 11.6 Å². The van der Waals surface area contributed by atoms with E-state index in [4.69, 9.17) is 0 Å².